The molecule has 1 aliphatic carbocycles. The molecule has 1 aliphatic heterocycles. The summed E-state index contributed by atoms with van der Waals surface area (Å²) in [6, 6.07) is 1.48. The predicted molar refractivity (Wildman–Crippen MR) is 92.5 cm³/mol. The normalized spacial score (nSPS) is 21.2. The van der Waals surface area contributed by atoms with Gasteiger partial charge in [0, 0.05) is 12.7 Å². The van der Waals surface area contributed by atoms with Crippen molar-refractivity contribution in [2.45, 2.75) is 63.3 Å². The van der Waals surface area contributed by atoms with E-state index in [1.54, 1.807) is 11.0 Å². The number of ether oxygens (including phenoxy) is 1. The summed E-state index contributed by atoms with van der Waals surface area (Å²) in [5.41, 5.74) is 0.0490. The van der Waals surface area contributed by atoms with Gasteiger partial charge >= 0.3 is 6.09 Å². The molecular formula is C16H24N4O4S. The van der Waals surface area contributed by atoms with Crippen molar-refractivity contribution in [3.8, 4) is 0 Å². The van der Waals surface area contributed by atoms with Crippen LogP contribution in [0, 0.1) is 0 Å². The van der Waals surface area contributed by atoms with Crippen molar-refractivity contribution >= 4 is 22.1 Å². The number of carbonyl (C=O) groups excluding carboxylic acids is 1. The third-order valence-electron chi connectivity index (χ3n) is 4.10. The molecule has 1 unspecified atom stereocenters. The highest BCUT2D eigenvalue weighted by Crippen LogP contribution is 2.33. The third-order valence-corrected chi connectivity index (χ3v) is 5.91. The molecule has 2 fully saturated rings. The van der Waals surface area contributed by atoms with Crippen LogP contribution >= 0.6 is 0 Å². The molecule has 138 valence electrons. The zero-order valence-corrected chi connectivity index (χ0v) is 15.5. The van der Waals surface area contributed by atoms with E-state index in [9.17, 15) is 13.2 Å². The van der Waals surface area contributed by atoms with Gasteiger partial charge in [0.05, 0.1) is 17.0 Å². The number of nitrogens with zero attached hydrogens (tertiary/aromatic N) is 3. The van der Waals surface area contributed by atoms with Crippen LogP contribution < -0.4 is 4.72 Å². The minimum Gasteiger partial charge on any atom is -0.444 e. The van der Waals surface area contributed by atoms with Gasteiger partial charge in [-0.1, -0.05) is 0 Å². The van der Waals surface area contributed by atoms with Crippen LogP contribution in [-0.4, -0.2) is 46.8 Å². The topological polar surface area (TPSA) is 101 Å². The molecular weight excluding hydrogens is 344 g/mol. The summed E-state index contributed by atoms with van der Waals surface area (Å²) >= 11 is 0. The maximum atomic E-state index is 12.4. The first-order valence-electron chi connectivity index (χ1n) is 8.50. The number of hydrogen-bond acceptors (Lipinski definition) is 6. The summed E-state index contributed by atoms with van der Waals surface area (Å²) < 4.78 is 32.0. The molecule has 0 radical (unpaired) electrons. The van der Waals surface area contributed by atoms with E-state index >= 15 is 0 Å². The Bertz CT molecular complexity index is 756. The van der Waals surface area contributed by atoms with E-state index < -0.39 is 15.6 Å². The van der Waals surface area contributed by atoms with Crippen LogP contribution in [0.25, 0.3) is 0 Å². The number of aromatic nitrogens is 2. The highest BCUT2D eigenvalue weighted by atomic mass is 32.2. The van der Waals surface area contributed by atoms with E-state index in [4.69, 9.17) is 4.74 Å². The van der Waals surface area contributed by atoms with Gasteiger partial charge in [-0.05, 0) is 52.5 Å². The Morgan fingerprint density at radius 2 is 2.04 bits per heavy atom. The third kappa shape index (κ3) is 4.39. The summed E-state index contributed by atoms with van der Waals surface area (Å²) in [5.74, 6) is 0.0560. The first-order chi connectivity index (χ1) is 11.7. The molecule has 1 aromatic rings. The summed E-state index contributed by atoms with van der Waals surface area (Å²) in [6.45, 7) is 6.06. The maximum Gasteiger partial charge on any atom is 0.410 e. The van der Waals surface area contributed by atoms with Crippen LogP contribution in [0.1, 0.15) is 58.2 Å². The molecule has 9 heteroatoms. The van der Waals surface area contributed by atoms with Crippen molar-refractivity contribution in [1.29, 1.82) is 0 Å². The van der Waals surface area contributed by atoms with E-state index in [1.807, 2.05) is 20.8 Å². The average Bonchev–Trinajstić information content (AvgIpc) is 3.24. The summed E-state index contributed by atoms with van der Waals surface area (Å²) in [5, 5.41) is -0.343. The number of nitrogens with one attached hydrogen (secondary N) is 1. The van der Waals surface area contributed by atoms with E-state index in [0.29, 0.717) is 25.1 Å². The van der Waals surface area contributed by atoms with Gasteiger partial charge in [-0.2, -0.15) is 0 Å². The molecule has 0 aromatic carbocycles. The number of anilines is 1. The number of amides is 1. The van der Waals surface area contributed by atoms with Gasteiger partial charge in [0.2, 0.25) is 16.0 Å². The Morgan fingerprint density at radius 3 is 2.68 bits per heavy atom. The number of likely N-dealkylation sites (tertiary alicyclic amines) is 1. The Morgan fingerprint density at radius 1 is 1.32 bits per heavy atom. The van der Waals surface area contributed by atoms with Crippen molar-refractivity contribution in [3.05, 3.63) is 18.0 Å². The van der Waals surface area contributed by atoms with Gasteiger partial charge in [0.15, 0.2) is 0 Å². The van der Waals surface area contributed by atoms with E-state index in [1.165, 1.54) is 6.20 Å². The Labute approximate surface area is 148 Å². The number of rotatable bonds is 4. The number of sulfonamides is 1. The molecule has 1 atom stereocenters. The van der Waals surface area contributed by atoms with E-state index in [2.05, 4.69) is 14.7 Å². The lowest BCUT2D eigenvalue weighted by molar-refractivity contribution is 0.0221. The molecule has 25 heavy (non-hydrogen) atoms. The molecule has 1 saturated carbocycles. The first kappa shape index (κ1) is 17.9. The zero-order chi connectivity index (χ0) is 18.2. The fourth-order valence-corrected chi connectivity index (χ4v) is 4.09. The van der Waals surface area contributed by atoms with Gasteiger partial charge < -0.3 is 4.74 Å². The molecule has 1 N–H and O–H groups in total. The van der Waals surface area contributed by atoms with Gasteiger partial charge in [-0.15, -0.1) is 0 Å². The zero-order valence-electron chi connectivity index (χ0n) is 14.7. The monoisotopic (exact) mass is 368 g/mol. The molecule has 0 bridgehead atoms. The second kappa shape index (κ2) is 6.44. The SMILES string of the molecule is CC(C)(C)OC(=O)N1CCCC1c1ccnc(NS(=O)(=O)C2CC2)n1. The molecule has 1 amide bonds. The minimum absolute atomic E-state index is 0.0560. The Kier molecular flexibility index (Phi) is 4.61. The second-order valence-electron chi connectivity index (χ2n) is 7.48. The molecule has 1 aromatic heterocycles. The fraction of sp³-hybridized carbons (Fsp3) is 0.688. The van der Waals surface area contributed by atoms with Gasteiger partial charge in [-0.25, -0.2) is 23.2 Å². The lowest BCUT2D eigenvalue weighted by Crippen LogP contribution is -2.36. The number of hydrogen-bond donors (Lipinski definition) is 1. The summed E-state index contributed by atoms with van der Waals surface area (Å²) in [4.78, 5) is 22.4. The van der Waals surface area contributed by atoms with Gasteiger partial charge in [0.1, 0.15) is 5.60 Å². The lowest BCUT2D eigenvalue weighted by Gasteiger charge is -2.28. The van der Waals surface area contributed by atoms with Crippen LogP contribution in [0.3, 0.4) is 0 Å². The maximum absolute atomic E-state index is 12.4. The Balaban J connectivity index is 1.76. The van der Waals surface area contributed by atoms with Gasteiger partial charge in [0.25, 0.3) is 0 Å². The van der Waals surface area contributed by atoms with E-state index in [0.717, 1.165) is 12.8 Å². The smallest absolute Gasteiger partial charge is 0.410 e. The lowest BCUT2D eigenvalue weighted by atomic mass is 10.1. The highest BCUT2D eigenvalue weighted by molar-refractivity contribution is 7.93. The van der Waals surface area contributed by atoms with Gasteiger partial charge in [-0.3, -0.25) is 9.62 Å². The molecule has 3 rings (SSSR count). The first-order valence-corrected chi connectivity index (χ1v) is 10.0. The van der Waals surface area contributed by atoms with Crippen molar-refractivity contribution < 1.29 is 17.9 Å². The predicted octanol–water partition coefficient (Wildman–Crippen LogP) is 2.45. The van der Waals surface area contributed by atoms with Crippen LogP contribution in [-0.2, 0) is 14.8 Å². The molecule has 1 saturated heterocycles. The van der Waals surface area contributed by atoms with Crippen molar-refractivity contribution in [2.75, 3.05) is 11.3 Å². The Hall–Kier alpha value is -1.90. The summed E-state index contributed by atoms with van der Waals surface area (Å²) in [6.07, 6.45) is 4.07. The van der Waals surface area contributed by atoms with Crippen LogP contribution in [0.15, 0.2) is 12.3 Å². The van der Waals surface area contributed by atoms with Crippen molar-refractivity contribution in [1.82, 2.24) is 14.9 Å². The quantitative estimate of drug-likeness (QED) is 0.876. The minimum atomic E-state index is -3.41. The largest absolute Gasteiger partial charge is 0.444 e. The summed E-state index contributed by atoms with van der Waals surface area (Å²) in [7, 11) is -3.41. The van der Waals surface area contributed by atoms with Crippen LogP contribution in [0.2, 0.25) is 0 Å². The fourth-order valence-electron chi connectivity index (χ4n) is 2.81. The second-order valence-corrected chi connectivity index (χ2v) is 9.44. The van der Waals surface area contributed by atoms with Crippen LogP contribution in [0.4, 0.5) is 10.7 Å². The molecule has 2 aliphatic rings. The van der Waals surface area contributed by atoms with E-state index in [-0.39, 0.29) is 23.3 Å². The molecule has 2 heterocycles. The van der Waals surface area contributed by atoms with Crippen molar-refractivity contribution in [2.24, 2.45) is 0 Å². The standard InChI is InChI=1S/C16H24N4O4S/c1-16(2,3)24-15(21)20-10-4-5-13(20)12-8-9-17-14(18-12)19-25(22,23)11-6-7-11/h8-9,11,13H,4-7,10H2,1-3H3,(H,17,18,19). The molecule has 8 nitrogen and oxygen atoms in total. The average molecular weight is 368 g/mol. The van der Waals surface area contributed by atoms with Crippen molar-refractivity contribution in [3.63, 3.8) is 0 Å². The number of carbonyl (C=O) groups is 1. The van der Waals surface area contributed by atoms with Crippen LogP contribution in [0.5, 0.6) is 0 Å². The highest BCUT2D eigenvalue weighted by Gasteiger charge is 2.37. The molecule has 0 spiro atoms.